The van der Waals surface area contributed by atoms with E-state index in [0.717, 1.165) is 40.4 Å². The van der Waals surface area contributed by atoms with Crippen LogP contribution in [0.25, 0.3) is 0 Å². The number of carbonyl (C=O) groups excluding carboxylic acids is 2. The standard InChI is InChI=1S/C19H23N3O4S2/c1-20-18(24)16-14-6-4-5-7-15(14)27-19(16)21-17(23)12-8-10-13(11-9-12)28(25,26)22(2)3/h8-11H,4-7H2,1-3H3,(H,20,24)(H,21,23). The fourth-order valence-electron chi connectivity index (χ4n) is 3.18. The van der Waals surface area contributed by atoms with Crippen molar-refractivity contribution in [3.63, 3.8) is 0 Å². The highest BCUT2D eigenvalue weighted by molar-refractivity contribution is 7.89. The first kappa shape index (κ1) is 20.5. The fourth-order valence-corrected chi connectivity index (χ4v) is 5.37. The van der Waals surface area contributed by atoms with Crippen molar-refractivity contribution in [2.45, 2.75) is 30.6 Å². The van der Waals surface area contributed by atoms with Crippen LogP contribution < -0.4 is 10.6 Å². The first-order valence-corrected chi connectivity index (χ1v) is 11.2. The quantitative estimate of drug-likeness (QED) is 0.775. The summed E-state index contributed by atoms with van der Waals surface area (Å²) in [6.45, 7) is 0. The number of amides is 2. The minimum atomic E-state index is -3.55. The molecule has 1 heterocycles. The van der Waals surface area contributed by atoms with E-state index in [4.69, 9.17) is 0 Å². The maximum absolute atomic E-state index is 12.7. The topological polar surface area (TPSA) is 95.6 Å². The van der Waals surface area contributed by atoms with E-state index in [1.165, 1.54) is 49.7 Å². The van der Waals surface area contributed by atoms with Crippen molar-refractivity contribution in [3.8, 4) is 0 Å². The number of anilines is 1. The van der Waals surface area contributed by atoms with Gasteiger partial charge in [-0.05, 0) is 55.5 Å². The van der Waals surface area contributed by atoms with E-state index in [2.05, 4.69) is 10.6 Å². The van der Waals surface area contributed by atoms with Gasteiger partial charge in [-0.25, -0.2) is 12.7 Å². The van der Waals surface area contributed by atoms with Gasteiger partial charge >= 0.3 is 0 Å². The Morgan fingerprint density at radius 2 is 1.68 bits per heavy atom. The number of aryl methyl sites for hydroxylation is 1. The Labute approximate surface area is 168 Å². The highest BCUT2D eigenvalue weighted by atomic mass is 32.2. The molecule has 0 fully saturated rings. The van der Waals surface area contributed by atoms with E-state index in [-0.39, 0.29) is 16.7 Å². The van der Waals surface area contributed by atoms with Gasteiger partial charge in [0.25, 0.3) is 11.8 Å². The van der Waals surface area contributed by atoms with E-state index in [1.807, 2.05) is 0 Å². The van der Waals surface area contributed by atoms with E-state index < -0.39 is 10.0 Å². The molecule has 7 nitrogen and oxygen atoms in total. The number of sulfonamides is 1. The zero-order valence-electron chi connectivity index (χ0n) is 16.0. The molecule has 1 aliphatic carbocycles. The zero-order valence-corrected chi connectivity index (χ0v) is 17.7. The van der Waals surface area contributed by atoms with Crippen molar-refractivity contribution in [2.24, 2.45) is 0 Å². The number of carbonyl (C=O) groups is 2. The molecule has 0 radical (unpaired) electrons. The monoisotopic (exact) mass is 421 g/mol. The predicted octanol–water partition coefficient (Wildman–Crippen LogP) is 2.49. The largest absolute Gasteiger partial charge is 0.355 e. The van der Waals surface area contributed by atoms with Crippen LogP contribution in [0.5, 0.6) is 0 Å². The summed E-state index contributed by atoms with van der Waals surface area (Å²) in [5, 5.41) is 6.03. The molecule has 2 aromatic rings. The molecule has 0 saturated carbocycles. The number of benzene rings is 1. The number of thiophene rings is 1. The summed E-state index contributed by atoms with van der Waals surface area (Å²) in [5.74, 6) is -0.584. The van der Waals surface area contributed by atoms with Gasteiger partial charge in [-0.15, -0.1) is 11.3 Å². The van der Waals surface area contributed by atoms with Crippen molar-refractivity contribution in [2.75, 3.05) is 26.5 Å². The number of nitrogens with zero attached hydrogens (tertiary/aromatic N) is 1. The lowest BCUT2D eigenvalue weighted by Gasteiger charge is -2.12. The number of nitrogens with one attached hydrogen (secondary N) is 2. The molecule has 3 rings (SSSR count). The Hall–Kier alpha value is -2.23. The van der Waals surface area contributed by atoms with E-state index in [9.17, 15) is 18.0 Å². The predicted molar refractivity (Wildman–Crippen MR) is 110 cm³/mol. The van der Waals surface area contributed by atoms with Crippen LogP contribution in [0.4, 0.5) is 5.00 Å². The summed E-state index contributed by atoms with van der Waals surface area (Å²) >= 11 is 1.44. The number of rotatable bonds is 5. The van der Waals surface area contributed by atoms with Crippen LogP contribution in [0, 0.1) is 0 Å². The smallest absolute Gasteiger partial charge is 0.256 e. The molecule has 1 aromatic heterocycles. The van der Waals surface area contributed by atoms with Gasteiger partial charge in [-0.1, -0.05) is 0 Å². The van der Waals surface area contributed by atoms with Gasteiger partial charge in [-0.2, -0.15) is 0 Å². The molecule has 150 valence electrons. The molecule has 0 bridgehead atoms. The molecule has 0 saturated heterocycles. The molecule has 1 aromatic carbocycles. The van der Waals surface area contributed by atoms with Crippen LogP contribution in [0.3, 0.4) is 0 Å². The Morgan fingerprint density at radius 1 is 1.04 bits per heavy atom. The average molecular weight is 422 g/mol. The summed E-state index contributed by atoms with van der Waals surface area (Å²) in [4.78, 5) is 26.3. The summed E-state index contributed by atoms with van der Waals surface area (Å²) in [7, 11) is 0.930. The van der Waals surface area contributed by atoms with Crippen molar-refractivity contribution in [3.05, 3.63) is 45.8 Å². The summed E-state index contributed by atoms with van der Waals surface area (Å²) < 4.78 is 25.4. The van der Waals surface area contributed by atoms with E-state index in [0.29, 0.717) is 16.1 Å². The Bertz CT molecular complexity index is 1010. The lowest BCUT2D eigenvalue weighted by molar-refractivity contribution is 0.0963. The summed E-state index contributed by atoms with van der Waals surface area (Å²) in [6.07, 6.45) is 3.86. The Kier molecular flexibility index (Phi) is 5.87. The maximum atomic E-state index is 12.7. The third-order valence-electron chi connectivity index (χ3n) is 4.75. The molecule has 9 heteroatoms. The van der Waals surface area contributed by atoms with Gasteiger partial charge in [0.2, 0.25) is 10.0 Å². The SMILES string of the molecule is CNC(=O)c1c(NC(=O)c2ccc(S(=O)(=O)N(C)C)cc2)sc2c1CCCC2. The van der Waals surface area contributed by atoms with Gasteiger partial charge in [0, 0.05) is 31.6 Å². The van der Waals surface area contributed by atoms with Crippen molar-refractivity contribution < 1.29 is 18.0 Å². The third kappa shape index (κ3) is 3.82. The van der Waals surface area contributed by atoms with Crippen molar-refractivity contribution >= 4 is 38.2 Å². The summed E-state index contributed by atoms with van der Waals surface area (Å²) in [6, 6.07) is 5.75. The second-order valence-electron chi connectivity index (χ2n) is 6.76. The first-order valence-electron chi connectivity index (χ1n) is 8.96. The van der Waals surface area contributed by atoms with Crippen LogP contribution in [0.1, 0.15) is 44.0 Å². The number of fused-ring (bicyclic) bond motifs is 1. The molecular formula is C19H23N3O4S2. The Morgan fingerprint density at radius 3 is 2.29 bits per heavy atom. The van der Waals surface area contributed by atoms with Crippen LogP contribution in [0.2, 0.25) is 0 Å². The van der Waals surface area contributed by atoms with Crippen LogP contribution >= 0.6 is 11.3 Å². The summed E-state index contributed by atoms with van der Waals surface area (Å²) in [5.41, 5.74) is 1.90. The molecule has 2 amide bonds. The second kappa shape index (κ2) is 8.02. The highest BCUT2D eigenvalue weighted by Crippen LogP contribution is 2.38. The molecule has 0 unspecified atom stereocenters. The van der Waals surface area contributed by atoms with Crippen LogP contribution in [-0.4, -0.2) is 45.7 Å². The second-order valence-corrected chi connectivity index (χ2v) is 10.0. The maximum Gasteiger partial charge on any atom is 0.256 e. The van der Waals surface area contributed by atoms with E-state index in [1.54, 1.807) is 7.05 Å². The van der Waals surface area contributed by atoms with Gasteiger partial charge < -0.3 is 10.6 Å². The van der Waals surface area contributed by atoms with Crippen LogP contribution in [-0.2, 0) is 22.9 Å². The van der Waals surface area contributed by atoms with Crippen molar-refractivity contribution in [1.82, 2.24) is 9.62 Å². The normalized spacial score (nSPS) is 13.9. The van der Waals surface area contributed by atoms with Gasteiger partial charge in [0.1, 0.15) is 5.00 Å². The van der Waals surface area contributed by atoms with E-state index >= 15 is 0 Å². The molecule has 2 N–H and O–H groups in total. The van der Waals surface area contributed by atoms with Gasteiger partial charge in [0.15, 0.2) is 0 Å². The lowest BCUT2D eigenvalue weighted by Crippen LogP contribution is -2.23. The number of hydrogen-bond donors (Lipinski definition) is 2. The number of hydrogen-bond acceptors (Lipinski definition) is 5. The Balaban J connectivity index is 1.87. The van der Waals surface area contributed by atoms with Gasteiger partial charge in [0.05, 0.1) is 10.5 Å². The lowest BCUT2D eigenvalue weighted by atomic mass is 9.95. The van der Waals surface area contributed by atoms with Crippen molar-refractivity contribution in [1.29, 1.82) is 0 Å². The zero-order chi connectivity index (χ0) is 20.5. The molecule has 28 heavy (non-hydrogen) atoms. The highest BCUT2D eigenvalue weighted by Gasteiger charge is 2.26. The van der Waals surface area contributed by atoms with Crippen LogP contribution in [0.15, 0.2) is 29.2 Å². The molecule has 0 aliphatic heterocycles. The van der Waals surface area contributed by atoms with Gasteiger partial charge in [-0.3, -0.25) is 9.59 Å². The first-order chi connectivity index (χ1) is 13.3. The third-order valence-corrected chi connectivity index (χ3v) is 7.78. The molecule has 0 spiro atoms. The molecular weight excluding hydrogens is 398 g/mol. The molecule has 0 atom stereocenters. The fraction of sp³-hybridized carbons (Fsp3) is 0.368. The average Bonchev–Trinajstić information content (AvgIpc) is 3.05. The minimum absolute atomic E-state index is 0.117. The molecule has 1 aliphatic rings. The minimum Gasteiger partial charge on any atom is -0.355 e.